The molecule has 0 bridgehead atoms. The van der Waals surface area contributed by atoms with Crippen LogP contribution in [0.5, 0.6) is 5.88 Å². The first-order valence-corrected chi connectivity index (χ1v) is 11.5. The zero-order chi connectivity index (χ0) is 21.4. The molecule has 1 aromatic carbocycles. The lowest BCUT2D eigenvalue weighted by Crippen LogP contribution is -2.30. The zero-order valence-corrected chi connectivity index (χ0v) is 18.3. The van der Waals surface area contributed by atoms with Gasteiger partial charge in [0.25, 0.3) is 0 Å². The minimum atomic E-state index is -0.654. The van der Waals surface area contributed by atoms with Gasteiger partial charge in [0.1, 0.15) is 23.4 Å². The van der Waals surface area contributed by atoms with Crippen LogP contribution in [0.25, 0.3) is 10.2 Å². The number of hydrogen-bond acceptors (Lipinski definition) is 7. The Morgan fingerprint density at radius 1 is 1.16 bits per heavy atom. The Morgan fingerprint density at radius 2 is 1.97 bits per heavy atom. The second-order valence-electron chi connectivity index (χ2n) is 8.49. The van der Waals surface area contributed by atoms with Gasteiger partial charge in [0.2, 0.25) is 5.88 Å². The van der Waals surface area contributed by atoms with E-state index in [2.05, 4.69) is 39.1 Å². The van der Waals surface area contributed by atoms with Crippen LogP contribution >= 0.6 is 11.3 Å². The van der Waals surface area contributed by atoms with Crippen molar-refractivity contribution in [2.45, 2.75) is 39.0 Å². The van der Waals surface area contributed by atoms with Crippen molar-refractivity contribution in [2.24, 2.45) is 17.6 Å². The molecule has 2 aliphatic rings. The molecular formula is C23H26N4O3S. The number of nitrogens with two attached hydrogens (primary N) is 1. The topological polar surface area (TPSA) is 90.6 Å². The van der Waals surface area contributed by atoms with Gasteiger partial charge in [0.05, 0.1) is 5.39 Å². The molecule has 1 aliphatic heterocycles. The molecule has 3 heterocycles. The average molecular weight is 439 g/mol. The molecule has 2 aromatic heterocycles. The number of aryl methyl sites for hydroxylation is 1. The predicted octanol–water partition coefficient (Wildman–Crippen LogP) is 3.88. The molecule has 0 radical (unpaired) electrons. The van der Waals surface area contributed by atoms with E-state index in [0.29, 0.717) is 24.3 Å². The van der Waals surface area contributed by atoms with Crippen molar-refractivity contribution in [1.29, 1.82) is 0 Å². The summed E-state index contributed by atoms with van der Waals surface area (Å²) in [5.41, 5.74) is 7.61. The van der Waals surface area contributed by atoms with Crippen molar-refractivity contribution in [3.63, 3.8) is 0 Å². The van der Waals surface area contributed by atoms with E-state index in [-0.39, 0.29) is 6.10 Å². The Morgan fingerprint density at radius 3 is 2.77 bits per heavy atom. The largest absolute Gasteiger partial charge is 0.472 e. The summed E-state index contributed by atoms with van der Waals surface area (Å²) in [5, 5.41) is 2.97. The normalized spacial score (nSPS) is 23.2. The molecule has 7 nitrogen and oxygen atoms in total. The van der Waals surface area contributed by atoms with E-state index in [1.54, 1.807) is 11.3 Å². The Hall–Kier alpha value is -2.71. The van der Waals surface area contributed by atoms with Crippen molar-refractivity contribution >= 4 is 27.6 Å². The molecule has 3 atom stereocenters. The maximum Gasteiger partial charge on any atom is 0.404 e. The summed E-state index contributed by atoms with van der Waals surface area (Å²) in [6.07, 6.45) is 1.37. The van der Waals surface area contributed by atoms with Crippen LogP contribution in [0.1, 0.15) is 29.8 Å². The molecule has 1 saturated heterocycles. The van der Waals surface area contributed by atoms with Crippen molar-refractivity contribution in [3.8, 4) is 5.88 Å². The fourth-order valence-corrected chi connectivity index (χ4v) is 5.72. The van der Waals surface area contributed by atoms with Crippen LogP contribution in [0, 0.1) is 18.8 Å². The molecule has 3 aromatic rings. The maximum atomic E-state index is 11.1. The van der Waals surface area contributed by atoms with Gasteiger partial charge in [-0.05, 0) is 48.3 Å². The first kappa shape index (κ1) is 20.2. The third-order valence-corrected chi connectivity index (χ3v) is 7.15. The molecule has 1 aliphatic carbocycles. The second kappa shape index (κ2) is 8.43. The molecule has 1 amide bonds. The number of thiophene rings is 1. The van der Waals surface area contributed by atoms with E-state index in [1.807, 2.05) is 18.4 Å². The number of fused-ring (bicyclic) bond motifs is 2. The van der Waals surface area contributed by atoms with Crippen molar-refractivity contribution < 1.29 is 14.3 Å². The number of rotatable bonds is 6. The zero-order valence-electron chi connectivity index (χ0n) is 17.5. The Balaban J connectivity index is 1.17. The van der Waals surface area contributed by atoms with E-state index >= 15 is 0 Å². The summed E-state index contributed by atoms with van der Waals surface area (Å²) in [5.74, 6) is 2.37. The molecule has 8 heteroatoms. The number of aromatic nitrogens is 2. The molecule has 3 unspecified atom stereocenters. The average Bonchev–Trinajstić information content (AvgIpc) is 3.44. The lowest BCUT2D eigenvalue weighted by Gasteiger charge is -2.20. The first-order chi connectivity index (χ1) is 15.0. The van der Waals surface area contributed by atoms with Crippen molar-refractivity contribution in [1.82, 2.24) is 14.9 Å². The second-order valence-corrected chi connectivity index (χ2v) is 9.39. The molecule has 2 N–H and O–H groups in total. The number of likely N-dealkylation sites (tertiary alicyclic amines) is 1. The number of primary amides is 1. The SMILES string of the molecule is Cc1nc(OCc2ccc(CN3CC4CCC(OC(N)=O)C4C3)cc2)c2ccsc2n1. The van der Waals surface area contributed by atoms with Gasteiger partial charge in [0.15, 0.2) is 0 Å². The number of amides is 1. The highest BCUT2D eigenvalue weighted by atomic mass is 32.1. The summed E-state index contributed by atoms with van der Waals surface area (Å²) < 4.78 is 11.3. The van der Waals surface area contributed by atoms with Crippen LogP contribution in [0.4, 0.5) is 4.79 Å². The summed E-state index contributed by atoms with van der Waals surface area (Å²) >= 11 is 1.60. The van der Waals surface area contributed by atoms with Crippen LogP contribution in [0.2, 0.25) is 0 Å². The smallest absolute Gasteiger partial charge is 0.404 e. The molecule has 162 valence electrons. The molecular weight excluding hydrogens is 412 g/mol. The van der Waals surface area contributed by atoms with Gasteiger partial charge in [-0.3, -0.25) is 4.90 Å². The number of ether oxygens (including phenoxy) is 2. The van der Waals surface area contributed by atoms with Gasteiger partial charge in [0, 0.05) is 25.6 Å². The number of hydrogen-bond donors (Lipinski definition) is 1. The Bertz CT molecular complexity index is 1080. The number of benzene rings is 1. The van der Waals surface area contributed by atoms with Gasteiger partial charge in [-0.2, -0.15) is 4.98 Å². The monoisotopic (exact) mass is 438 g/mol. The number of carbonyl (C=O) groups is 1. The van der Waals surface area contributed by atoms with Gasteiger partial charge in [-0.15, -0.1) is 11.3 Å². The minimum Gasteiger partial charge on any atom is -0.472 e. The summed E-state index contributed by atoms with van der Waals surface area (Å²) in [4.78, 5) is 23.4. The lowest BCUT2D eigenvalue weighted by atomic mass is 9.99. The van der Waals surface area contributed by atoms with E-state index in [4.69, 9.17) is 15.2 Å². The fraction of sp³-hybridized carbons (Fsp3) is 0.435. The van der Waals surface area contributed by atoms with E-state index in [0.717, 1.165) is 54.1 Å². The van der Waals surface area contributed by atoms with Crippen molar-refractivity contribution in [2.75, 3.05) is 13.1 Å². The van der Waals surface area contributed by atoms with Crippen LogP contribution in [0.15, 0.2) is 35.7 Å². The fourth-order valence-electron chi connectivity index (χ4n) is 4.92. The maximum absolute atomic E-state index is 11.1. The minimum absolute atomic E-state index is 0.0212. The highest BCUT2D eigenvalue weighted by molar-refractivity contribution is 7.16. The summed E-state index contributed by atoms with van der Waals surface area (Å²) in [7, 11) is 0. The molecule has 0 spiro atoms. The van der Waals surface area contributed by atoms with Crippen LogP contribution in [-0.2, 0) is 17.9 Å². The van der Waals surface area contributed by atoms with Gasteiger partial charge in [-0.1, -0.05) is 24.3 Å². The van der Waals surface area contributed by atoms with Crippen molar-refractivity contribution in [3.05, 3.63) is 52.7 Å². The predicted molar refractivity (Wildman–Crippen MR) is 119 cm³/mol. The van der Waals surface area contributed by atoms with E-state index < -0.39 is 6.09 Å². The van der Waals surface area contributed by atoms with Gasteiger partial charge < -0.3 is 15.2 Å². The quantitative estimate of drug-likeness (QED) is 0.628. The third-order valence-electron chi connectivity index (χ3n) is 6.34. The highest BCUT2D eigenvalue weighted by Gasteiger charge is 2.44. The van der Waals surface area contributed by atoms with Crippen LogP contribution in [0.3, 0.4) is 0 Å². The van der Waals surface area contributed by atoms with Gasteiger partial charge in [-0.25, -0.2) is 9.78 Å². The summed E-state index contributed by atoms with van der Waals surface area (Å²) in [6.45, 7) is 5.27. The third kappa shape index (κ3) is 4.36. The van der Waals surface area contributed by atoms with Crippen LogP contribution < -0.4 is 10.5 Å². The molecule has 31 heavy (non-hydrogen) atoms. The number of nitrogens with zero attached hydrogens (tertiary/aromatic N) is 3. The van der Waals surface area contributed by atoms with E-state index in [9.17, 15) is 4.79 Å². The number of carbonyl (C=O) groups excluding carboxylic acids is 1. The highest BCUT2D eigenvalue weighted by Crippen LogP contribution is 2.40. The first-order valence-electron chi connectivity index (χ1n) is 10.7. The van der Waals surface area contributed by atoms with Crippen LogP contribution in [-0.4, -0.2) is 40.2 Å². The van der Waals surface area contributed by atoms with E-state index in [1.165, 1.54) is 5.56 Å². The lowest BCUT2D eigenvalue weighted by molar-refractivity contribution is 0.0790. The molecule has 5 rings (SSSR count). The standard InChI is InChI=1S/C23H26N4O3S/c1-14-25-21(18-8-9-31-22(18)26-14)29-13-16-4-2-15(3-5-16)10-27-11-17-6-7-20(19(17)12-27)30-23(24)28/h2-5,8-9,17,19-20H,6-7,10-13H2,1H3,(H2,24,28). The Labute approximate surface area is 185 Å². The molecule has 2 fully saturated rings. The Kier molecular flexibility index (Phi) is 5.50. The summed E-state index contributed by atoms with van der Waals surface area (Å²) in [6, 6.07) is 10.6. The molecule has 1 saturated carbocycles. The van der Waals surface area contributed by atoms with Gasteiger partial charge >= 0.3 is 6.09 Å².